The van der Waals surface area contributed by atoms with Gasteiger partial charge in [-0.2, -0.15) is 0 Å². The third kappa shape index (κ3) is 6.35. The smallest absolute Gasteiger partial charge is 0.240 e. The van der Waals surface area contributed by atoms with Crippen molar-refractivity contribution < 1.29 is 13.2 Å². The van der Waals surface area contributed by atoms with Crippen LogP contribution in [0.4, 0.5) is 0 Å². The molecule has 2 aromatic carbocycles. The van der Waals surface area contributed by atoms with Gasteiger partial charge in [0, 0.05) is 19.5 Å². The van der Waals surface area contributed by atoms with E-state index in [4.69, 9.17) is 0 Å². The highest BCUT2D eigenvalue weighted by molar-refractivity contribution is 7.89. The van der Waals surface area contributed by atoms with Crippen molar-refractivity contribution in [3.05, 3.63) is 59.1 Å². The Morgan fingerprint density at radius 2 is 1.79 bits per heavy atom. The van der Waals surface area contributed by atoms with Crippen molar-refractivity contribution in [1.29, 1.82) is 0 Å². The molecule has 0 aliphatic rings. The number of nitrogens with zero attached hydrogens (tertiary/aromatic N) is 1. The van der Waals surface area contributed by atoms with Gasteiger partial charge in [0.1, 0.15) is 0 Å². The zero-order valence-electron chi connectivity index (χ0n) is 16.3. The molecule has 154 valence electrons. The van der Waals surface area contributed by atoms with Gasteiger partial charge in [0.2, 0.25) is 15.9 Å². The van der Waals surface area contributed by atoms with Gasteiger partial charge in [0.25, 0.3) is 0 Å². The second-order valence-electron chi connectivity index (χ2n) is 6.84. The molecule has 0 saturated carbocycles. The topological polar surface area (TPSA) is 88.2 Å². The minimum Gasteiger partial charge on any atom is -0.355 e. The monoisotopic (exact) mass is 431 g/mol. The van der Waals surface area contributed by atoms with E-state index in [0.717, 1.165) is 35.4 Å². The summed E-state index contributed by atoms with van der Waals surface area (Å²) in [7, 11) is -3.54. The fourth-order valence-electron chi connectivity index (χ4n) is 2.87. The predicted octanol–water partition coefficient (Wildman–Crippen LogP) is 3.41. The molecule has 1 heterocycles. The first-order valence-corrected chi connectivity index (χ1v) is 11.9. The number of sulfonamides is 1. The largest absolute Gasteiger partial charge is 0.355 e. The van der Waals surface area contributed by atoms with Gasteiger partial charge in [-0.05, 0) is 50.5 Å². The summed E-state index contributed by atoms with van der Waals surface area (Å²) in [6.45, 7) is 2.33. The summed E-state index contributed by atoms with van der Waals surface area (Å²) in [6.07, 6.45) is 2.96. The zero-order valence-corrected chi connectivity index (χ0v) is 18.0. The van der Waals surface area contributed by atoms with Gasteiger partial charge >= 0.3 is 0 Å². The van der Waals surface area contributed by atoms with E-state index in [1.807, 2.05) is 25.1 Å². The van der Waals surface area contributed by atoms with E-state index in [1.54, 1.807) is 35.6 Å². The predicted molar refractivity (Wildman–Crippen MR) is 117 cm³/mol. The van der Waals surface area contributed by atoms with Crippen molar-refractivity contribution in [3.63, 3.8) is 0 Å². The molecule has 0 aliphatic carbocycles. The molecular formula is C21H25N3O3S2. The van der Waals surface area contributed by atoms with Gasteiger partial charge < -0.3 is 5.32 Å². The summed E-state index contributed by atoms with van der Waals surface area (Å²) in [5.41, 5.74) is 2.03. The highest BCUT2D eigenvalue weighted by Gasteiger charge is 2.12. The lowest BCUT2D eigenvalue weighted by Crippen LogP contribution is -2.34. The van der Waals surface area contributed by atoms with E-state index in [0.29, 0.717) is 6.42 Å². The van der Waals surface area contributed by atoms with Crippen LogP contribution >= 0.6 is 11.3 Å². The Kier molecular flexibility index (Phi) is 7.35. The van der Waals surface area contributed by atoms with Crippen molar-refractivity contribution in [1.82, 2.24) is 15.0 Å². The number of para-hydroxylation sites is 1. The number of unbranched alkanes of at least 4 members (excludes halogenated alkanes) is 1. The lowest BCUT2D eigenvalue weighted by atomic mass is 10.2. The molecule has 8 heteroatoms. The van der Waals surface area contributed by atoms with Crippen LogP contribution in [0.1, 0.15) is 29.8 Å². The number of aromatic nitrogens is 1. The summed E-state index contributed by atoms with van der Waals surface area (Å²) >= 11 is 1.70. The van der Waals surface area contributed by atoms with E-state index >= 15 is 0 Å². The van der Waals surface area contributed by atoms with Crippen molar-refractivity contribution >= 4 is 37.5 Å². The molecule has 0 bridgehead atoms. The molecule has 6 nitrogen and oxygen atoms in total. The van der Waals surface area contributed by atoms with Crippen LogP contribution in [-0.2, 0) is 21.2 Å². The van der Waals surface area contributed by atoms with Gasteiger partial charge in [-0.15, -0.1) is 11.3 Å². The molecule has 0 fully saturated rings. The van der Waals surface area contributed by atoms with Crippen LogP contribution in [-0.4, -0.2) is 32.4 Å². The second-order valence-corrected chi connectivity index (χ2v) is 9.73. The van der Waals surface area contributed by atoms with Gasteiger partial charge in [-0.25, -0.2) is 18.1 Å². The highest BCUT2D eigenvalue weighted by Crippen LogP contribution is 2.22. The number of fused-ring (bicyclic) bond motifs is 1. The van der Waals surface area contributed by atoms with Crippen molar-refractivity contribution in [2.75, 3.05) is 13.1 Å². The number of benzene rings is 2. The van der Waals surface area contributed by atoms with Crippen molar-refractivity contribution in [2.45, 2.75) is 37.5 Å². The number of carbonyl (C=O) groups is 1. The SMILES string of the molecule is Cc1ccc(S(=O)(=O)NCCNC(=O)CCCCc2nc3ccccc3s2)cc1. The highest BCUT2D eigenvalue weighted by atomic mass is 32.2. The zero-order chi connectivity index (χ0) is 20.7. The molecule has 0 spiro atoms. The number of nitrogens with one attached hydrogen (secondary N) is 2. The number of thiazole rings is 1. The van der Waals surface area contributed by atoms with Crippen LogP contribution in [0.3, 0.4) is 0 Å². The van der Waals surface area contributed by atoms with Crippen LogP contribution in [0.15, 0.2) is 53.4 Å². The van der Waals surface area contributed by atoms with Crippen LogP contribution < -0.4 is 10.0 Å². The van der Waals surface area contributed by atoms with E-state index in [9.17, 15) is 13.2 Å². The fraction of sp³-hybridized carbons (Fsp3) is 0.333. The van der Waals surface area contributed by atoms with Gasteiger partial charge in [0.05, 0.1) is 20.1 Å². The lowest BCUT2D eigenvalue weighted by Gasteiger charge is -2.08. The van der Waals surface area contributed by atoms with Crippen LogP contribution in [0.2, 0.25) is 0 Å². The third-order valence-corrected chi connectivity index (χ3v) is 7.03. The van der Waals surface area contributed by atoms with Crippen LogP contribution in [0.25, 0.3) is 10.2 Å². The minimum atomic E-state index is -3.54. The van der Waals surface area contributed by atoms with Gasteiger partial charge in [-0.1, -0.05) is 29.8 Å². The number of hydrogen-bond acceptors (Lipinski definition) is 5. The maximum atomic E-state index is 12.2. The van der Waals surface area contributed by atoms with Gasteiger partial charge in [-0.3, -0.25) is 4.79 Å². The summed E-state index contributed by atoms with van der Waals surface area (Å²) in [5.74, 6) is -0.0659. The number of hydrogen-bond donors (Lipinski definition) is 2. The van der Waals surface area contributed by atoms with Crippen molar-refractivity contribution in [3.8, 4) is 0 Å². The summed E-state index contributed by atoms with van der Waals surface area (Å²) in [6, 6.07) is 14.7. The number of carbonyl (C=O) groups excluding carboxylic acids is 1. The average molecular weight is 432 g/mol. The van der Waals surface area contributed by atoms with Crippen LogP contribution in [0.5, 0.6) is 0 Å². The average Bonchev–Trinajstić information content (AvgIpc) is 3.12. The molecule has 0 atom stereocenters. The quantitative estimate of drug-likeness (QED) is 0.482. The molecule has 2 N–H and O–H groups in total. The molecule has 0 unspecified atom stereocenters. The Labute approximate surface area is 175 Å². The molecule has 3 rings (SSSR count). The van der Waals surface area contributed by atoms with E-state index in [-0.39, 0.29) is 23.9 Å². The number of rotatable bonds is 10. The maximum absolute atomic E-state index is 12.2. The fourth-order valence-corrected chi connectivity index (χ4v) is 4.91. The molecule has 0 saturated heterocycles. The molecule has 3 aromatic rings. The van der Waals surface area contributed by atoms with Crippen LogP contribution in [0, 0.1) is 6.92 Å². The Hall–Kier alpha value is -2.29. The van der Waals surface area contributed by atoms with Gasteiger partial charge in [0.15, 0.2) is 0 Å². The number of aryl methyl sites for hydroxylation is 2. The third-order valence-electron chi connectivity index (χ3n) is 4.45. The minimum absolute atomic E-state index is 0.0659. The van der Waals surface area contributed by atoms with Crippen molar-refractivity contribution in [2.24, 2.45) is 0 Å². The maximum Gasteiger partial charge on any atom is 0.240 e. The molecular weight excluding hydrogens is 406 g/mol. The Balaban J connectivity index is 1.31. The Bertz CT molecular complexity index is 1030. The Morgan fingerprint density at radius 1 is 1.03 bits per heavy atom. The first-order chi connectivity index (χ1) is 13.9. The first kappa shape index (κ1) is 21.4. The van der Waals surface area contributed by atoms with E-state index in [1.165, 1.54) is 4.70 Å². The molecule has 29 heavy (non-hydrogen) atoms. The summed E-state index contributed by atoms with van der Waals surface area (Å²) in [5, 5.41) is 3.85. The molecule has 0 aliphatic heterocycles. The Morgan fingerprint density at radius 3 is 2.55 bits per heavy atom. The number of amides is 1. The van der Waals surface area contributed by atoms with E-state index in [2.05, 4.69) is 21.1 Å². The normalized spacial score (nSPS) is 11.6. The summed E-state index contributed by atoms with van der Waals surface area (Å²) in [4.78, 5) is 16.7. The standard InChI is InChI=1S/C21H25N3O3S2/c1-16-10-12-17(13-11-16)29(26,27)23-15-14-22-20(25)8-4-5-9-21-24-18-6-2-3-7-19(18)28-21/h2-3,6-7,10-13,23H,4-5,8-9,14-15H2,1H3,(H,22,25). The second kappa shape index (κ2) is 9.96. The summed E-state index contributed by atoms with van der Waals surface area (Å²) < 4.78 is 28.0. The van der Waals surface area contributed by atoms with E-state index < -0.39 is 10.0 Å². The molecule has 1 aromatic heterocycles. The lowest BCUT2D eigenvalue weighted by molar-refractivity contribution is -0.121. The molecule has 0 radical (unpaired) electrons. The first-order valence-electron chi connectivity index (χ1n) is 9.61. The molecule has 1 amide bonds.